The van der Waals surface area contributed by atoms with E-state index in [1.807, 2.05) is 0 Å². The predicted octanol–water partition coefficient (Wildman–Crippen LogP) is 1.94. The zero-order valence-corrected chi connectivity index (χ0v) is 8.09. The highest BCUT2D eigenvalue weighted by atomic mass is 35.5. The van der Waals surface area contributed by atoms with Crippen molar-refractivity contribution in [3.63, 3.8) is 0 Å². The topological polar surface area (TPSA) is 37.8 Å². The second-order valence-corrected chi connectivity index (χ2v) is 3.66. The molecule has 1 N–H and O–H groups in total. The summed E-state index contributed by atoms with van der Waals surface area (Å²) in [7, 11) is 0. The molecule has 1 aromatic heterocycles. The first kappa shape index (κ1) is 8.91. The van der Waals surface area contributed by atoms with Gasteiger partial charge in [0.2, 0.25) is 0 Å². The molecule has 0 bridgehead atoms. The first-order valence-electron chi connectivity index (χ1n) is 4.57. The monoisotopic (exact) mass is 197 g/mol. The highest BCUT2D eigenvalue weighted by molar-refractivity contribution is 6.29. The molecule has 0 radical (unpaired) electrons. The molecule has 3 nitrogen and oxygen atoms in total. The maximum Gasteiger partial charge on any atom is 0.147 e. The zero-order valence-electron chi connectivity index (χ0n) is 7.33. The Labute approximate surface area is 82.5 Å². The minimum atomic E-state index is 0.347. The van der Waals surface area contributed by atoms with Crippen LogP contribution in [-0.2, 0) is 0 Å². The fourth-order valence-electron chi connectivity index (χ4n) is 1.63. The van der Waals surface area contributed by atoms with Crippen LogP contribution in [0.4, 0.5) is 0 Å². The van der Waals surface area contributed by atoms with Gasteiger partial charge in [-0.3, -0.25) is 4.98 Å². The van der Waals surface area contributed by atoms with Crippen molar-refractivity contribution in [3.8, 4) is 0 Å². The van der Waals surface area contributed by atoms with Gasteiger partial charge in [-0.05, 0) is 19.4 Å². The Balaban J connectivity index is 2.14. The Kier molecular flexibility index (Phi) is 2.76. The molecular weight excluding hydrogens is 186 g/mol. The van der Waals surface area contributed by atoms with Crippen LogP contribution in [-0.4, -0.2) is 16.5 Å². The normalized spacial score (nSPS) is 23.0. The molecule has 1 saturated heterocycles. The summed E-state index contributed by atoms with van der Waals surface area (Å²) in [6.07, 6.45) is 6.99. The quantitative estimate of drug-likeness (QED) is 0.748. The Morgan fingerprint density at radius 2 is 2.31 bits per heavy atom. The standard InChI is InChI=1S/C9H12ClN3/c10-9-6-11-5-8(13-9)7-3-1-2-4-12-7/h5-7,12H,1-4H2. The van der Waals surface area contributed by atoms with E-state index in [4.69, 9.17) is 11.6 Å². The van der Waals surface area contributed by atoms with Gasteiger partial charge < -0.3 is 5.32 Å². The summed E-state index contributed by atoms with van der Waals surface area (Å²) >= 11 is 5.76. The number of hydrogen-bond donors (Lipinski definition) is 1. The van der Waals surface area contributed by atoms with E-state index in [9.17, 15) is 0 Å². The molecule has 0 aliphatic carbocycles. The molecule has 4 heteroatoms. The first-order chi connectivity index (χ1) is 6.36. The van der Waals surface area contributed by atoms with Crippen LogP contribution < -0.4 is 5.32 Å². The molecule has 1 atom stereocenters. The lowest BCUT2D eigenvalue weighted by Gasteiger charge is -2.22. The third-order valence-electron chi connectivity index (χ3n) is 2.29. The number of halogens is 1. The third kappa shape index (κ3) is 2.17. The fourth-order valence-corrected chi connectivity index (χ4v) is 1.78. The first-order valence-corrected chi connectivity index (χ1v) is 4.95. The van der Waals surface area contributed by atoms with Crippen molar-refractivity contribution in [2.75, 3.05) is 6.54 Å². The highest BCUT2D eigenvalue weighted by Crippen LogP contribution is 2.21. The van der Waals surface area contributed by atoms with Crippen LogP contribution in [0.5, 0.6) is 0 Å². The molecule has 70 valence electrons. The van der Waals surface area contributed by atoms with E-state index in [0.717, 1.165) is 18.7 Å². The summed E-state index contributed by atoms with van der Waals surface area (Å²) in [6.45, 7) is 1.07. The molecule has 0 amide bonds. The molecule has 2 rings (SSSR count). The van der Waals surface area contributed by atoms with E-state index in [1.54, 1.807) is 12.4 Å². The fraction of sp³-hybridized carbons (Fsp3) is 0.556. The highest BCUT2D eigenvalue weighted by Gasteiger charge is 2.15. The summed E-state index contributed by atoms with van der Waals surface area (Å²) in [5.41, 5.74) is 0.965. The van der Waals surface area contributed by atoms with Gasteiger partial charge >= 0.3 is 0 Å². The van der Waals surface area contributed by atoms with Crippen molar-refractivity contribution < 1.29 is 0 Å². The molecule has 1 fully saturated rings. The zero-order chi connectivity index (χ0) is 9.10. The molecular formula is C9H12ClN3. The van der Waals surface area contributed by atoms with Gasteiger partial charge in [-0.15, -0.1) is 0 Å². The number of aromatic nitrogens is 2. The van der Waals surface area contributed by atoms with Crippen molar-refractivity contribution in [2.45, 2.75) is 25.3 Å². The molecule has 0 saturated carbocycles. The van der Waals surface area contributed by atoms with Gasteiger partial charge in [0.25, 0.3) is 0 Å². The average molecular weight is 198 g/mol. The second-order valence-electron chi connectivity index (χ2n) is 3.27. The van der Waals surface area contributed by atoms with Crippen LogP contribution in [0.2, 0.25) is 5.15 Å². The summed E-state index contributed by atoms with van der Waals surface area (Å²) < 4.78 is 0. The maximum absolute atomic E-state index is 5.76. The van der Waals surface area contributed by atoms with Crippen molar-refractivity contribution in [3.05, 3.63) is 23.2 Å². The summed E-state index contributed by atoms with van der Waals surface area (Å²) in [5.74, 6) is 0. The van der Waals surface area contributed by atoms with Gasteiger partial charge in [-0.2, -0.15) is 0 Å². The van der Waals surface area contributed by atoms with Crippen molar-refractivity contribution in [1.29, 1.82) is 0 Å². The molecule has 1 aromatic rings. The van der Waals surface area contributed by atoms with Gasteiger partial charge in [-0.25, -0.2) is 4.98 Å². The number of nitrogens with one attached hydrogen (secondary N) is 1. The van der Waals surface area contributed by atoms with Gasteiger partial charge in [0, 0.05) is 0 Å². The molecule has 1 aliphatic rings. The van der Waals surface area contributed by atoms with Crippen LogP contribution in [0.25, 0.3) is 0 Å². The van der Waals surface area contributed by atoms with Gasteiger partial charge in [0.1, 0.15) is 5.15 Å². The molecule has 0 aromatic carbocycles. The van der Waals surface area contributed by atoms with Gasteiger partial charge in [0.15, 0.2) is 0 Å². The summed E-state index contributed by atoms with van der Waals surface area (Å²) in [5, 5.41) is 3.88. The minimum absolute atomic E-state index is 0.347. The van der Waals surface area contributed by atoms with Crippen LogP contribution in [0.15, 0.2) is 12.4 Å². The van der Waals surface area contributed by atoms with E-state index in [0.29, 0.717) is 11.2 Å². The van der Waals surface area contributed by atoms with Crippen molar-refractivity contribution in [1.82, 2.24) is 15.3 Å². The van der Waals surface area contributed by atoms with Crippen LogP contribution in [0.1, 0.15) is 31.0 Å². The Morgan fingerprint density at radius 1 is 1.38 bits per heavy atom. The lowest BCUT2D eigenvalue weighted by Crippen LogP contribution is -2.27. The Hall–Kier alpha value is -0.670. The number of nitrogens with zero attached hydrogens (tertiary/aromatic N) is 2. The number of piperidine rings is 1. The smallest absolute Gasteiger partial charge is 0.147 e. The van der Waals surface area contributed by atoms with Crippen molar-refractivity contribution in [2.24, 2.45) is 0 Å². The van der Waals surface area contributed by atoms with E-state index in [2.05, 4.69) is 15.3 Å². The van der Waals surface area contributed by atoms with Gasteiger partial charge in [-0.1, -0.05) is 18.0 Å². The molecule has 0 spiro atoms. The van der Waals surface area contributed by atoms with E-state index < -0.39 is 0 Å². The van der Waals surface area contributed by atoms with E-state index in [-0.39, 0.29) is 0 Å². The second kappa shape index (κ2) is 4.03. The molecule has 2 heterocycles. The summed E-state index contributed by atoms with van der Waals surface area (Å²) in [4.78, 5) is 8.26. The maximum atomic E-state index is 5.76. The van der Waals surface area contributed by atoms with Crippen molar-refractivity contribution >= 4 is 11.6 Å². The minimum Gasteiger partial charge on any atom is -0.309 e. The van der Waals surface area contributed by atoms with Crippen LogP contribution in [0.3, 0.4) is 0 Å². The molecule has 1 unspecified atom stereocenters. The van der Waals surface area contributed by atoms with E-state index in [1.165, 1.54) is 12.8 Å². The predicted molar refractivity (Wildman–Crippen MR) is 51.6 cm³/mol. The number of hydrogen-bond acceptors (Lipinski definition) is 3. The largest absolute Gasteiger partial charge is 0.309 e. The average Bonchev–Trinajstić information content (AvgIpc) is 2.19. The van der Waals surface area contributed by atoms with Gasteiger partial charge in [0.05, 0.1) is 24.1 Å². The lowest BCUT2D eigenvalue weighted by atomic mass is 10.0. The molecule has 1 aliphatic heterocycles. The number of rotatable bonds is 1. The van der Waals surface area contributed by atoms with E-state index >= 15 is 0 Å². The van der Waals surface area contributed by atoms with Crippen LogP contribution >= 0.6 is 11.6 Å². The SMILES string of the molecule is Clc1cncc(C2CCCCN2)n1. The van der Waals surface area contributed by atoms with Crippen LogP contribution in [0, 0.1) is 0 Å². The Morgan fingerprint density at radius 3 is 3.00 bits per heavy atom. The molecule has 13 heavy (non-hydrogen) atoms. The third-order valence-corrected chi connectivity index (χ3v) is 2.47. The Bertz CT molecular complexity index is 284. The summed E-state index contributed by atoms with van der Waals surface area (Å²) in [6, 6.07) is 0.347. The lowest BCUT2D eigenvalue weighted by molar-refractivity contribution is 0.404.